The molecule has 0 amide bonds. The van der Waals surface area contributed by atoms with E-state index < -0.39 is 57.8 Å². The van der Waals surface area contributed by atoms with E-state index >= 15 is 0 Å². The summed E-state index contributed by atoms with van der Waals surface area (Å²) in [6.45, 7) is 4.41. The molecule has 0 aliphatic carbocycles. The Kier molecular flexibility index (Phi) is 53.4. The van der Waals surface area contributed by atoms with Gasteiger partial charge in [-0.1, -0.05) is 215 Å². The number of allylic oxidation sites excluding steroid dienone is 14. The van der Waals surface area contributed by atoms with E-state index in [-0.39, 0.29) is 25.9 Å². The molecule has 2 N–H and O–H groups in total. The largest absolute Gasteiger partial charge is 0.472 e. The van der Waals surface area contributed by atoms with Crippen LogP contribution >= 0.6 is 7.82 Å². The fourth-order valence-corrected chi connectivity index (χ4v) is 8.59. The molecule has 3 atom stereocenters. The van der Waals surface area contributed by atoms with Crippen molar-refractivity contribution in [2.24, 2.45) is 0 Å². The van der Waals surface area contributed by atoms with Gasteiger partial charge in [0.05, 0.1) is 19.8 Å². The summed E-state index contributed by atoms with van der Waals surface area (Å²) in [4.78, 5) is 48.5. The first-order chi connectivity index (χ1) is 36.2. The molecule has 0 bridgehead atoms. The maximum atomic E-state index is 12.9. The highest BCUT2D eigenvalue weighted by atomic mass is 31.2. The van der Waals surface area contributed by atoms with Crippen LogP contribution < -0.4 is 0 Å². The van der Waals surface area contributed by atoms with Gasteiger partial charge >= 0.3 is 25.7 Å². The number of carbonyl (C=O) groups excluding carboxylic acids is 3. The molecule has 0 aromatic carbocycles. The minimum absolute atomic E-state index is 0.0531. The molecule has 426 valence electrons. The third-order valence-corrected chi connectivity index (χ3v) is 13.2. The number of unbranched alkanes of at least 4 members (excludes halogenated alkanes) is 23. The molecule has 3 unspecified atom stereocenters. The van der Waals surface area contributed by atoms with Crippen LogP contribution in [0.5, 0.6) is 0 Å². The molecule has 12 heteroatoms. The van der Waals surface area contributed by atoms with Crippen molar-refractivity contribution < 1.29 is 52.2 Å². The van der Waals surface area contributed by atoms with Crippen LogP contribution in [0, 0.1) is 0 Å². The lowest BCUT2D eigenvalue weighted by Crippen LogP contribution is -2.30. The van der Waals surface area contributed by atoms with E-state index in [9.17, 15) is 28.9 Å². The highest BCUT2D eigenvalue weighted by Gasteiger charge is 2.28. The highest BCUT2D eigenvalue weighted by molar-refractivity contribution is 7.47. The van der Waals surface area contributed by atoms with Crippen molar-refractivity contribution in [3.05, 3.63) is 85.1 Å². The Morgan fingerprint density at radius 1 is 0.392 bits per heavy atom. The van der Waals surface area contributed by atoms with Crippen LogP contribution in [0.1, 0.15) is 252 Å². The monoisotopic (exact) mass is 1060 g/mol. The second kappa shape index (κ2) is 55.9. The zero-order valence-electron chi connectivity index (χ0n) is 47.0. The lowest BCUT2D eigenvalue weighted by Gasteiger charge is -2.21. The second-order valence-electron chi connectivity index (χ2n) is 19.4. The van der Waals surface area contributed by atoms with Crippen molar-refractivity contribution in [2.75, 3.05) is 26.4 Å². The Bertz CT molecular complexity index is 1560. The highest BCUT2D eigenvalue weighted by Crippen LogP contribution is 2.43. The number of phosphoric ester groups is 1. The summed E-state index contributed by atoms with van der Waals surface area (Å²) < 4.78 is 39.5. The first kappa shape index (κ1) is 70.7. The lowest BCUT2D eigenvalue weighted by molar-refractivity contribution is -0.161. The van der Waals surface area contributed by atoms with Gasteiger partial charge in [-0.15, -0.1) is 0 Å². The van der Waals surface area contributed by atoms with E-state index in [1.165, 1.54) is 96.3 Å². The molecule has 0 aromatic rings. The Morgan fingerprint density at radius 2 is 0.730 bits per heavy atom. The molecule has 0 saturated heterocycles. The first-order valence-electron chi connectivity index (χ1n) is 29.5. The third kappa shape index (κ3) is 53.5. The van der Waals surface area contributed by atoms with Crippen LogP contribution in [-0.2, 0) is 42.2 Å². The number of ether oxygens (including phenoxy) is 3. The molecular formula is C62H107O11P. The van der Waals surface area contributed by atoms with Crippen molar-refractivity contribution in [3.63, 3.8) is 0 Å². The smallest absolute Gasteiger partial charge is 0.462 e. The summed E-state index contributed by atoms with van der Waals surface area (Å²) in [5, 5.41) is 9.79. The third-order valence-electron chi connectivity index (χ3n) is 12.3. The minimum atomic E-state index is -4.77. The molecule has 11 nitrogen and oxygen atoms in total. The Balaban J connectivity index is 4.80. The van der Waals surface area contributed by atoms with Crippen LogP contribution in [-0.4, -0.2) is 66.5 Å². The van der Waals surface area contributed by atoms with Gasteiger partial charge in [0.15, 0.2) is 6.10 Å². The van der Waals surface area contributed by atoms with Crippen LogP contribution in [0.15, 0.2) is 85.1 Å². The van der Waals surface area contributed by atoms with Gasteiger partial charge in [-0.3, -0.25) is 23.4 Å². The maximum absolute atomic E-state index is 12.9. The van der Waals surface area contributed by atoms with Crippen molar-refractivity contribution in [1.29, 1.82) is 0 Å². The average molecular weight is 1060 g/mol. The molecule has 0 saturated carbocycles. The number of hydrogen-bond acceptors (Lipinski definition) is 10. The van der Waals surface area contributed by atoms with Gasteiger partial charge in [-0.2, -0.15) is 0 Å². The van der Waals surface area contributed by atoms with Crippen molar-refractivity contribution in [1.82, 2.24) is 0 Å². The molecule has 0 aliphatic rings. The van der Waals surface area contributed by atoms with Gasteiger partial charge in [0.25, 0.3) is 0 Å². The lowest BCUT2D eigenvalue weighted by atomic mass is 10.1. The van der Waals surface area contributed by atoms with E-state index in [0.717, 1.165) is 96.3 Å². The number of phosphoric acid groups is 1. The zero-order valence-corrected chi connectivity index (χ0v) is 47.9. The van der Waals surface area contributed by atoms with Gasteiger partial charge in [-0.25, -0.2) is 4.57 Å². The minimum Gasteiger partial charge on any atom is -0.462 e. The van der Waals surface area contributed by atoms with Crippen molar-refractivity contribution in [2.45, 2.75) is 264 Å². The fraction of sp³-hybridized carbons (Fsp3) is 0.726. The van der Waals surface area contributed by atoms with Gasteiger partial charge < -0.3 is 24.2 Å². The molecule has 0 radical (unpaired) electrons. The van der Waals surface area contributed by atoms with Gasteiger partial charge in [0.2, 0.25) is 0 Å². The van der Waals surface area contributed by atoms with E-state index in [1.807, 2.05) is 12.2 Å². The normalized spacial score (nSPS) is 14.0. The molecule has 0 fully saturated rings. The predicted molar refractivity (Wildman–Crippen MR) is 307 cm³/mol. The summed E-state index contributed by atoms with van der Waals surface area (Å²) in [5.41, 5.74) is 0. The van der Waals surface area contributed by atoms with Gasteiger partial charge in [0, 0.05) is 19.3 Å². The molecule has 74 heavy (non-hydrogen) atoms. The molecule has 0 heterocycles. The quantitative estimate of drug-likeness (QED) is 0.0197. The Hall–Kier alpha value is -3.34. The maximum Gasteiger partial charge on any atom is 0.472 e. The molecular weight excluding hydrogens is 952 g/mol. The van der Waals surface area contributed by atoms with E-state index in [4.69, 9.17) is 23.3 Å². The summed E-state index contributed by atoms with van der Waals surface area (Å²) in [6.07, 6.45) is 64.1. The summed E-state index contributed by atoms with van der Waals surface area (Å²) in [5.74, 6) is -1.56. The molecule has 0 aliphatic heterocycles. The van der Waals surface area contributed by atoms with Crippen LogP contribution in [0.2, 0.25) is 0 Å². The molecule has 0 spiro atoms. The number of aliphatic hydroxyl groups is 1. The standard InChI is InChI=1S/C62H107O11P/c1-4-7-10-13-16-19-22-25-27-29-31-34-36-39-42-45-48-51-60(64)69-55-59(73-62(66)53-50-47-44-41-38-35-32-30-28-26-23-20-17-14-11-8-5-2)57-71-74(67,68)70-56-58(54-63)72-61(65)52-49-46-43-40-37-33-24-21-18-15-12-9-6-3/h9,12,16,18-19,21,25-28,33,37,43,46,58-59,63H,4-8,10-11,13-15,17,20,22-24,29-32,34-36,38-42,44-45,47-57H2,1-3H3,(H,67,68)/b12-9-,19-16-,21-18-,27-25-,28-26-,37-33-,46-43-. The number of aliphatic hydroxyl groups excluding tert-OH is 1. The number of hydrogen-bond donors (Lipinski definition) is 2. The Labute approximate surface area is 451 Å². The van der Waals surface area contributed by atoms with Crippen LogP contribution in [0.3, 0.4) is 0 Å². The fourth-order valence-electron chi connectivity index (χ4n) is 7.81. The topological polar surface area (TPSA) is 155 Å². The van der Waals surface area contributed by atoms with Gasteiger partial charge in [-0.05, 0) is 103 Å². The number of carbonyl (C=O) groups is 3. The van der Waals surface area contributed by atoms with Crippen LogP contribution in [0.4, 0.5) is 0 Å². The summed E-state index contributed by atoms with van der Waals surface area (Å²) in [6, 6.07) is 0. The SMILES string of the molecule is CC/C=C\C/C=C\C/C=C\C/C=C\CCC(=O)OC(CO)COP(=O)(O)OCC(COC(=O)CCCCCCCCC/C=C\C/C=C\CCCCC)OC(=O)CCCCCCCCC/C=C\CCCCCCCC. The van der Waals surface area contributed by atoms with Crippen molar-refractivity contribution >= 4 is 25.7 Å². The van der Waals surface area contributed by atoms with E-state index in [1.54, 1.807) is 0 Å². The second-order valence-corrected chi connectivity index (χ2v) is 20.9. The van der Waals surface area contributed by atoms with Gasteiger partial charge in [0.1, 0.15) is 12.7 Å². The van der Waals surface area contributed by atoms with E-state index in [2.05, 4.69) is 93.7 Å². The van der Waals surface area contributed by atoms with Crippen molar-refractivity contribution in [3.8, 4) is 0 Å². The molecule has 0 rings (SSSR count). The van der Waals surface area contributed by atoms with Crippen LogP contribution in [0.25, 0.3) is 0 Å². The molecule has 0 aromatic heterocycles. The average Bonchev–Trinajstić information content (AvgIpc) is 3.39. The summed E-state index contributed by atoms with van der Waals surface area (Å²) in [7, 11) is -4.77. The number of esters is 3. The first-order valence-corrected chi connectivity index (χ1v) is 31.0. The predicted octanol–water partition coefficient (Wildman–Crippen LogP) is 17.5. The summed E-state index contributed by atoms with van der Waals surface area (Å²) >= 11 is 0. The number of rotatable bonds is 54. The Morgan fingerprint density at radius 3 is 1.20 bits per heavy atom. The van der Waals surface area contributed by atoms with E-state index in [0.29, 0.717) is 19.3 Å². The zero-order chi connectivity index (χ0) is 54.1.